The second-order valence-electron chi connectivity index (χ2n) is 5.19. The van der Waals surface area contributed by atoms with Crippen LogP contribution >= 0.6 is 0 Å². The summed E-state index contributed by atoms with van der Waals surface area (Å²) < 4.78 is 0. The van der Waals surface area contributed by atoms with Crippen LogP contribution in [0.3, 0.4) is 0 Å². The first-order valence-electron chi connectivity index (χ1n) is 8.53. The maximum absolute atomic E-state index is 10.2. The van der Waals surface area contributed by atoms with E-state index < -0.39 is 5.97 Å². The molecule has 0 unspecified atom stereocenters. The van der Waals surface area contributed by atoms with E-state index in [2.05, 4.69) is 19.1 Å². The van der Waals surface area contributed by atoms with Gasteiger partial charge in [0.15, 0.2) is 0 Å². The summed E-state index contributed by atoms with van der Waals surface area (Å²) in [5.74, 6) is -0.931. The molecule has 136 valence electrons. The van der Waals surface area contributed by atoms with Crippen LogP contribution in [0, 0.1) is 0 Å². The van der Waals surface area contributed by atoms with Crippen LogP contribution in [-0.2, 0) is 4.79 Å². The van der Waals surface area contributed by atoms with Crippen molar-refractivity contribution in [2.45, 2.75) is 58.3 Å². The Hall–Kier alpha value is -1.91. The van der Waals surface area contributed by atoms with Gasteiger partial charge in [-0.1, -0.05) is 100 Å². The van der Waals surface area contributed by atoms with Crippen LogP contribution in [0.25, 0.3) is 0 Å². The summed E-state index contributed by atoms with van der Waals surface area (Å²) in [6.07, 6.45) is 28.8. The van der Waals surface area contributed by atoms with Crippen LogP contribution < -0.4 is 0 Å². The molecule has 0 radical (unpaired) electrons. The fourth-order valence-corrected chi connectivity index (χ4v) is 1.92. The Morgan fingerprint density at radius 3 is 1.71 bits per heavy atom. The van der Waals surface area contributed by atoms with Gasteiger partial charge in [0.1, 0.15) is 0 Å². The van der Waals surface area contributed by atoms with Crippen LogP contribution in [0.5, 0.6) is 0 Å². The zero-order chi connectivity index (χ0) is 18.3. The fourth-order valence-electron chi connectivity index (χ4n) is 1.92. The summed E-state index contributed by atoms with van der Waals surface area (Å²) in [4.78, 5) is 10.2. The molecule has 0 aromatic rings. The SMILES string of the molecule is CCCCCCCCCC=CC=CC=CC=CC=CC(=O)O.OO. The first-order chi connectivity index (χ1) is 11.8. The Morgan fingerprint density at radius 2 is 1.17 bits per heavy atom. The minimum atomic E-state index is -0.931. The zero-order valence-corrected chi connectivity index (χ0v) is 14.7. The first kappa shape index (κ1) is 24.3. The molecule has 4 nitrogen and oxygen atoms in total. The van der Waals surface area contributed by atoms with E-state index in [9.17, 15) is 4.79 Å². The summed E-state index contributed by atoms with van der Waals surface area (Å²) in [5.41, 5.74) is 0. The van der Waals surface area contributed by atoms with Gasteiger partial charge in [0.05, 0.1) is 0 Å². The van der Waals surface area contributed by atoms with Gasteiger partial charge in [0.2, 0.25) is 0 Å². The Morgan fingerprint density at radius 1 is 0.708 bits per heavy atom. The van der Waals surface area contributed by atoms with E-state index in [4.69, 9.17) is 15.6 Å². The molecule has 0 aromatic carbocycles. The Balaban J connectivity index is 0. The molecule has 0 saturated carbocycles. The molecule has 0 spiro atoms. The summed E-state index contributed by atoms with van der Waals surface area (Å²) >= 11 is 0. The van der Waals surface area contributed by atoms with Gasteiger partial charge in [-0.2, -0.15) is 0 Å². The van der Waals surface area contributed by atoms with Crippen molar-refractivity contribution < 1.29 is 20.4 Å². The predicted molar refractivity (Wildman–Crippen MR) is 101 cm³/mol. The molecule has 3 N–H and O–H groups in total. The number of aliphatic carboxylic acids is 1. The van der Waals surface area contributed by atoms with Gasteiger partial charge >= 0.3 is 5.97 Å². The van der Waals surface area contributed by atoms with Crippen molar-refractivity contribution in [2.24, 2.45) is 0 Å². The van der Waals surface area contributed by atoms with E-state index in [-0.39, 0.29) is 0 Å². The predicted octanol–water partition coefficient (Wildman–Crippen LogP) is 6.01. The van der Waals surface area contributed by atoms with Crippen LogP contribution in [0.4, 0.5) is 0 Å². The molecule has 4 heteroatoms. The maximum atomic E-state index is 10.2. The lowest BCUT2D eigenvalue weighted by atomic mass is 10.1. The minimum Gasteiger partial charge on any atom is -0.478 e. The average Bonchev–Trinajstić information content (AvgIpc) is 2.59. The third-order valence-electron chi connectivity index (χ3n) is 3.13. The van der Waals surface area contributed by atoms with Crippen molar-refractivity contribution >= 4 is 5.97 Å². The quantitative estimate of drug-likeness (QED) is 0.126. The summed E-state index contributed by atoms with van der Waals surface area (Å²) in [5, 5.41) is 20.4. The Bertz CT molecular complexity index is 404. The number of rotatable bonds is 13. The van der Waals surface area contributed by atoms with Gasteiger partial charge in [0.25, 0.3) is 0 Å². The Labute approximate surface area is 146 Å². The zero-order valence-electron chi connectivity index (χ0n) is 14.7. The Kier molecular flexibility index (Phi) is 23.7. The lowest BCUT2D eigenvalue weighted by Crippen LogP contribution is -1.84. The van der Waals surface area contributed by atoms with Crippen LogP contribution in [0.1, 0.15) is 58.3 Å². The van der Waals surface area contributed by atoms with E-state index in [1.165, 1.54) is 51.0 Å². The molecule has 0 rings (SSSR count). The number of carboxylic acids is 1. The van der Waals surface area contributed by atoms with Crippen molar-refractivity contribution in [3.63, 3.8) is 0 Å². The monoisotopic (exact) mass is 336 g/mol. The second-order valence-corrected chi connectivity index (χ2v) is 5.19. The minimum absolute atomic E-state index is 0.931. The second kappa shape index (κ2) is 23.4. The van der Waals surface area contributed by atoms with E-state index in [0.29, 0.717) is 0 Å². The van der Waals surface area contributed by atoms with Crippen LogP contribution in [0.2, 0.25) is 0 Å². The highest BCUT2D eigenvalue weighted by Crippen LogP contribution is 2.08. The molecule has 0 atom stereocenters. The van der Waals surface area contributed by atoms with Crippen LogP contribution in [-0.4, -0.2) is 21.6 Å². The summed E-state index contributed by atoms with van der Waals surface area (Å²) in [6, 6.07) is 0. The number of carbonyl (C=O) groups is 1. The fraction of sp³-hybridized carbons (Fsp3) is 0.450. The molecule has 0 bridgehead atoms. The van der Waals surface area contributed by atoms with Gasteiger partial charge in [-0.15, -0.1) is 0 Å². The molecule has 0 aliphatic carbocycles. The molecule has 0 fully saturated rings. The first-order valence-corrected chi connectivity index (χ1v) is 8.53. The van der Waals surface area contributed by atoms with E-state index in [1.54, 1.807) is 12.2 Å². The molecule has 0 saturated heterocycles. The largest absolute Gasteiger partial charge is 0.478 e. The van der Waals surface area contributed by atoms with Crippen molar-refractivity contribution in [2.75, 3.05) is 0 Å². The smallest absolute Gasteiger partial charge is 0.328 e. The molecular weight excluding hydrogens is 304 g/mol. The van der Waals surface area contributed by atoms with Crippen molar-refractivity contribution in [3.8, 4) is 0 Å². The lowest BCUT2D eigenvalue weighted by molar-refractivity contribution is -0.176. The number of allylic oxidation sites excluding steroid dienone is 9. The number of hydrogen-bond donors (Lipinski definition) is 3. The van der Waals surface area contributed by atoms with Crippen molar-refractivity contribution in [1.29, 1.82) is 0 Å². The van der Waals surface area contributed by atoms with Crippen molar-refractivity contribution in [3.05, 3.63) is 60.8 Å². The van der Waals surface area contributed by atoms with E-state index >= 15 is 0 Å². The van der Waals surface area contributed by atoms with E-state index in [1.807, 2.05) is 24.3 Å². The highest BCUT2D eigenvalue weighted by atomic mass is 17.0. The molecule has 0 aliphatic rings. The maximum Gasteiger partial charge on any atom is 0.328 e. The number of unbranched alkanes of at least 4 members (excludes halogenated alkanes) is 7. The third-order valence-corrected chi connectivity index (χ3v) is 3.13. The molecular formula is C20H32O4. The average molecular weight is 336 g/mol. The molecule has 24 heavy (non-hydrogen) atoms. The molecule has 0 aromatic heterocycles. The van der Waals surface area contributed by atoms with Gasteiger partial charge in [-0.3, -0.25) is 10.5 Å². The molecule has 0 amide bonds. The standard InChI is InChI=1S/C20H30O2.H2O2/c1-2-3-4-5-6-7-8-9-10-11-12-13-14-15-16-17-18-19-20(21)22;1-2/h10-19H,2-9H2,1H3,(H,21,22);1-2H. The summed E-state index contributed by atoms with van der Waals surface area (Å²) in [7, 11) is 0. The normalized spacial score (nSPS) is 12.0. The molecule has 0 heterocycles. The highest BCUT2D eigenvalue weighted by molar-refractivity contribution is 5.80. The van der Waals surface area contributed by atoms with E-state index in [0.717, 1.165) is 12.5 Å². The molecule has 0 aliphatic heterocycles. The number of hydrogen-bond acceptors (Lipinski definition) is 3. The topological polar surface area (TPSA) is 77.8 Å². The van der Waals surface area contributed by atoms with Crippen LogP contribution in [0.15, 0.2) is 60.8 Å². The number of carboxylic acid groups (broad SMARTS) is 1. The third kappa shape index (κ3) is 25.1. The van der Waals surface area contributed by atoms with Gasteiger partial charge in [-0.05, 0) is 12.8 Å². The van der Waals surface area contributed by atoms with Crippen molar-refractivity contribution in [1.82, 2.24) is 0 Å². The van der Waals surface area contributed by atoms with Gasteiger partial charge in [0, 0.05) is 6.08 Å². The van der Waals surface area contributed by atoms with Gasteiger partial charge < -0.3 is 5.11 Å². The lowest BCUT2D eigenvalue weighted by Gasteiger charge is -1.98. The highest BCUT2D eigenvalue weighted by Gasteiger charge is 1.88. The van der Waals surface area contributed by atoms with Gasteiger partial charge in [-0.25, -0.2) is 4.79 Å². The summed E-state index contributed by atoms with van der Waals surface area (Å²) in [6.45, 7) is 2.25.